The third-order valence-corrected chi connectivity index (χ3v) is 5.97. The summed E-state index contributed by atoms with van der Waals surface area (Å²) in [6.07, 6.45) is 4.06. The summed E-state index contributed by atoms with van der Waals surface area (Å²) in [4.78, 5) is 35.2. The fourth-order valence-corrected chi connectivity index (χ4v) is 4.19. The Hall–Kier alpha value is -4.18. The first kappa shape index (κ1) is 24.9. The lowest BCUT2D eigenvalue weighted by molar-refractivity contribution is 0.100. The highest BCUT2D eigenvalue weighted by molar-refractivity contribution is 5.97. The number of hydrogen-bond acceptors (Lipinski definition) is 7. The number of nitrogens with one attached hydrogen (secondary N) is 3. The van der Waals surface area contributed by atoms with Crippen LogP contribution in [-0.4, -0.2) is 59.7 Å². The maximum Gasteiger partial charge on any atom is 0.322 e. The van der Waals surface area contributed by atoms with E-state index in [0.29, 0.717) is 42.8 Å². The van der Waals surface area contributed by atoms with Gasteiger partial charge in [0.15, 0.2) is 0 Å². The molecular weight excluding hydrogens is 458 g/mol. The number of carbonyl (C=O) groups excluding carboxylic acids is 2. The first-order chi connectivity index (χ1) is 17.5. The molecule has 1 aliphatic rings. The highest BCUT2D eigenvalue weighted by atomic mass is 16.5. The minimum Gasteiger partial charge on any atom is -0.383 e. The summed E-state index contributed by atoms with van der Waals surface area (Å²) in [6, 6.07) is 17.2. The molecule has 0 radical (unpaired) electrons. The third-order valence-electron chi connectivity index (χ3n) is 5.97. The number of primary amides is 1. The molecule has 0 aliphatic carbocycles. The molecule has 2 aromatic carbocycles. The van der Waals surface area contributed by atoms with Crippen molar-refractivity contribution in [3.63, 3.8) is 0 Å². The number of nitrogens with two attached hydrogens (primary N) is 1. The lowest BCUT2D eigenvalue weighted by Crippen LogP contribution is -2.40. The largest absolute Gasteiger partial charge is 0.383 e. The van der Waals surface area contributed by atoms with E-state index in [1.165, 1.54) is 11.8 Å². The average Bonchev–Trinajstić information content (AvgIpc) is 3.34. The summed E-state index contributed by atoms with van der Waals surface area (Å²) >= 11 is 0. The number of nitrogens with zero attached hydrogens (tertiary/aromatic N) is 3. The summed E-state index contributed by atoms with van der Waals surface area (Å²) in [5.74, 6) is 0.0474. The minimum absolute atomic E-state index is 0.0845. The quantitative estimate of drug-likeness (QED) is 0.342. The number of carbonyl (C=O) groups is 2. The van der Waals surface area contributed by atoms with E-state index < -0.39 is 5.91 Å². The Bertz CT molecular complexity index is 1190. The van der Waals surface area contributed by atoms with Crippen LogP contribution >= 0.6 is 0 Å². The molecule has 3 aromatic rings. The second kappa shape index (κ2) is 12.0. The van der Waals surface area contributed by atoms with Gasteiger partial charge in [-0.05, 0) is 43.0 Å². The van der Waals surface area contributed by atoms with Crippen LogP contribution in [0.4, 0.5) is 27.9 Å². The molecule has 10 heteroatoms. The van der Waals surface area contributed by atoms with Crippen LogP contribution in [0.1, 0.15) is 28.8 Å². The number of hydrogen-bond donors (Lipinski definition) is 4. The minimum atomic E-state index is -0.609. The predicted molar refractivity (Wildman–Crippen MR) is 140 cm³/mol. The first-order valence-electron chi connectivity index (χ1n) is 11.9. The van der Waals surface area contributed by atoms with Crippen LogP contribution in [0.2, 0.25) is 0 Å². The molecule has 10 nitrogen and oxygen atoms in total. The van der Waals surface area contributed by atoms with E-state index >= 15 is 0 Å². The van der Waals surface area contributed by atoms with E-state index in [-0.39, 0.29) is 17.6 Å². The van der Waals surface area contributed by atoms with Crippen LogP contribution in [0.3, 0.4) is 0 Å². The molecule has 1 aromatic heterocycles. The van der Waals surface area contributed by atoms with Crippen molar-refractivity contribution in [3.8, 4) is 0 Å². The number of methoxy groups -OCH3 is 1. The van der Waals surface area contributed by atoms with E-state index in [2.05, 4.69) is 25.9 Å². The molecule has 188 valence electrons. The standard InChI is InChI=1S/C26H31N7O3/c1-36-17-21-11-6-14-33(21)26(35)31-20-10-5-9-19(15-20)30-25-29-16-22(23(27)34)24(32-25)28-13-12-18-7-3-2-4-8-18/h2-5,7-10,15-16,21H,6,11-14,17H2,1H3,(H2,27,34)(H,31,35)(H2,28,29,30,32)/t21-/m1/s1. The molecule has 1 aliphatic heterocycles. The Kier molecular flexibility index (Phi) is 8.30. The van der Waals surface area contributed by atoms with E-state index in [1.807, 2.05) is 53.4 Å². The lowest BCUT2D eigenvalue weighted by atomic mass is 10.1. The summed E-state index contributed by atoms with van der Waals surface area (Å²) in [6.45, 7) is 1.80. The zero-order chi connectivity index (χ0) is 25.3. The van der Waals surface area contributed by atoms with Gasteiger partial charge in [-0.15, -0.1) is 0 Å². The number of benzene rings is 2. The first-order valence-corrected chi connectivity index (χ1v) is 11.9. The van der Waals surface area contributed by atoms with Gasteiger partial charge in [0.2, 0.25) is 5.95 Å². The molecular formula is C26H31N7O3. The van der Waals surface area contributed by atoms with Crippen molar-refractivity contribution in [2.24, 2.45) is 5.73 Å². The Morgan fingerprint density at radius 1 is 1.14 bits per heavy atom. The number of ether oxygens (including phenoxy) is 1. The summed E-state index contributed by atoms with van der Waals surface area (Å²) in [7, 11) is 1.64. The molecule has 2 heterocycles. The van der Waals surface area contributed by atoms with Crippen LogP contribution < -0.4 is 21.7 Å². The van der Waals surface area contributed by atoms with E-state index in [0.717, 1.165) is 19.3 Å². The predicted octanol–water partition coefficient (Wildman–Crippen LogP) is 3.62. The third kappa shape index (κ3) is 6.48. The fourth-order valence-electron chi connectivity index (χ4n) is 4.19. The van der Waals surface area contributed by atoms with E-state index in [1.54, 1.807) is 13.2 Å². The second-order valence-corrected chi connectivity index (χ2v) is 8.56. The van der Waals surface area contributed by atoms with Crippen molar-refractivity contribution in [2.45, 2.75) is 25.3 Å². The van der Waals surface area contributed by atoms with Gasteiger partial charge in [-0.25, -0.2) is 9.78 Å². The van der Waals surface area contributed by atoms with Crippen molar-refractivity contribution in [1.82, 2.24) is 14.9 Å². The molecule has 4 rings (SSSR count). The molecule has 1 atom stereocenters. The van der Waals surface area contributed by atoms with E-state index in [9.17, 15) is 9.59 Å². The zero-order valence-electron chi connectivity index (χ0n) is 20.2. The van der Waals surface area contributed by atoms with Crippen LogP contribution in [0.5, 0.6) is 0 Å². The average molecular weight is 490 g/mol. The summed E-state index contributed by atoms with van der Waals surface area (Å²) in [5.41, 5.74) is 8.22. The van der Waals surface area contributed by atoms with Crippen LogP contribution in [0.25, 0.3) is 0 Å². The monoisotopic (exact) mass is 489 g/mol. The van der Waals surface area contributed by atoms with Gasteiger partial charge in [0.05, 0.1) is 18.2 Å². The van der Waals surface area contributed by atoms with Crippen LogP contribution in [0.15, 0.2) is 60.8 Å². The van der Waals surface area contributed by atoms with Gasteiger partial charge in [0.1, 0.15) is 5.82 Å². The SMILES string of the molecule is COC[C@H]1CCCN1C(=O)Nc1cccc(Nc2ncc(C(N)=O)c(NCCc3ccccc3)n2)c1. The van der Waals surface area contributed by atoms with Crippen molar-refractivity contribution in [1.29, 1.82) is 0 Å². The maximum absolute atomic E-state index is 12.8. The number of amides is 3. The van der Waals surface area contributed by atoms with Gasteiger partial charge in [-0.1, -0.05) is 36.4 Å². The molecule has 0 saturated carbocycles. The molecule has 0 unspecified atom stereocenters. The van der Waals surface area contributed by atoms with Gasteiger partial charge < -0.3 is 31.3 Å². The molecule has 36 heavy (non-hydrogen) atoms. The molecule has 3 amide bonds. The number of aromatic nitrogens is 2. The molecule has 1 saturated heterocycles. The highest BCUT2D eigenvalue weighted by Gasteiger charge is 2.28. The zero-order valence-corrected chi connectivity index (χ0v) is 20.2. The topological polar surface area (TPSA) is 134 Å². The van der Waals surface area contributed by atoms with Crippen molar-refractivity contribution >= 4 is 35.1 Å². The second-order valence-electron chi connectivity index (χ2n) is 8.56. The molecule has 5 N–H and O–H groups in total. The summed E-state index contributed by atoms with van der Waals surface area (Å²) < 4.78 is 5.24. The Morgan fingerprint density at radius 3 is 2.72 bits per heavy atom. The molecule has 1 fully saturated rings. The maximum atomic E-state index is 12.8. The van der Waals surface area contributed by atoms with Gasteiger partial charge in [-0.2, -0.15) is 4.98 Å². The van der Waals surface area contributed by atoms with Crippen molar-refractivity contribution in [3.05, 3.63) is 71.9 Å². The van der Waals surface area contributed by atoms with E-state index in [4.69, 9.17) is 10.5 Å². The Morgan fingerprint density at radius 2 is 1.94 bits per heavy atom. The lowest BCUT2D eigenvalue weighted by Gasteiger charge is -2.24. The van der Waals surface area contributed by atoms with Crippen molar-refractivity contribution < 1.29 is 14.3 Å². The highest BCUT2D eigenvalue weighted by Crippen LogP contribution is 2.23. The van der Waals surface area contributed by atoms with Crippen LogP contribution in [-0.2, 0) is 11.2 Å². The van der Waals surface area contributed by atoms with Gasteiger partial charge >= 0.3 is 6.03 Å². The molecule has 0 bridgehead atoms. The smallest absolute Gasteiger partial charge is 0.322 e. The van der Waals surface area contributed by atoms with Crippen molar-refractivity contribution in [2.75, 3.05) is 42.8 Å². The normalized spacial score (nSPS) is 14.9. The summed E-state index contributed by atoms with van der Waals surface area (Å²) in [5, 5.41) is 9.27. The number of anilines is 4. The van der Waals surface area contributed by atoms with Gasteiger partial charge in [0, 0.05) is 37.8 Å². The van der Waals surface area contributed by atoms with Gasteiger partial charge in [0.25, 0.3) is 5.91 Å². The number of rotatable bonds is 10. The van der Waals surface area contributed by atoms with Gasteiger partial charge in [-0.3, -0.25) is 4.79 Å². The molecule has 0 spiro atoms. The Labute approximate surface area is 210 Å². The Balaban J connectivity index is 1.42. The van der Waals surface area contributed by atoms with Crippen LogP contribution in [0, 0.1) is 0 Å². The number of likely N-dealkylation sites (tertiary alicyclic amines) is 1. The fraction of sp³-hybridized carbons (Fsp3) is 0.308. The number of urea groups is 1.